The van der Waals surface area contributed by atoms with Crippen LogP contribution < -0.4 is 0 Å². The topological polar surface area (TPSA) is 127 Å². The molecule has 0 saturated carbocycles. The molecule has 0 aromatic rings. The zero-order valence-electron chi connectivity index (χ0n) is 10.5. The SMILES string of the molecule is O=C(O)/C=C/C(=O)O.O=C1/C=C\C(=O)OCCCCO1. The van der Waals surface area contributed by atoms with Crippen molar-refractivity contribution in [3.63, 3.8) is 0 Å². The molecule has 0 aromatic heterocycles. The Balaban J connectivity index is 0.000000396. The summed E-state index contributed by atoms with van der Waals surface area (Å²) in [5.41, 5.74) is 0. The number of carbonyl (C=O) groups excluding carboxylic acids is 2. The Hall–Kier alpha value is -2.64. The van der Waals surface area contributed by atoms with E-state index >= 15 is 0 Å². The number of carbonyl (C=O) groups is 4. The third kappa shape index (κ3) is 11.8. The quantitative estimate of drug-likeness (QED) is 0.541. The molecule has 0 amide bonds. The Morgan fingerprint density at radius 1 is 0.900 bits per heavy atom. The first kappa shape index (κ1) is 17.4. The average Bonchev–Trinajstić information content (AvgIpc) is 2.38. The van der Waals surface area contributed by atoms with Gasteiger partial charge in [0.1, 0.15) is 0 Å². The van der Waals surface area contributed by atoms with Gasteiger partial charge in [-0.2, -0.15) is 0 Å². The molecular formula is C12H14O8. The maximum absolute atomic E-state index is 10.7. The Morgan fingerprint density at radius 3 is 1.55 bits per heavy atom. The van der Waals surface area contributed by atoms with Gasteiger partial charge in [0.25, 0.3) is 0 Å². The van der Waals surface area contributed by atoms with Gasteiger partial charge in [-0.1, -0.05) is 0 Å². The Kier molecular flexibility index (Phi) is 8.94. The second-order valence-electron chi connectivity index (χ2n) is 3.39. The number of esters is 2. The summed E-state index contributed by atoms with van der Waals surface area (Å²) in [6, 6.07) is 0. The smallest absolute Gasteiger partial charge is 0.331 e. The number of rotatable bonds is 2. The first-order chi connectivity index (χ1) is 9.41. The summed E-state index contributed by atoms with van der Waals surface area (Å²) in [6.45, 7) is 0.779. The molecule has 0 aliphatic carbocycles. The van der Waals surface area contributed by atoms with Crippen LogP contribution in [0.3, 0.4) is 0 Å². The third-order valence-corrected chi connectivity index (χ3v) is 1.75. The zero-order valence-corrected chi connectivity index (χ0v) is 10.5. The number of aliphatic carboxylic acids is 2. The summed E-state index contributed by atoms with van der Waals surface area (Å²) in [7, 11) is 0. The van der Waals surface area contributed by atoms with E-state index in [2.05, 4.69) is 0 Å². The molecule has 0 radical (unpaired) electrons. The normalized spacial score (nSPS) is 17.2. The molecule has 1 heterocycles. The lowest BCUT2D eigenvalue weighted by Crippen LogP contribution is -2.09. The van der Waals surface area contributed by atoms with Crippen molar-refractivity contribution in [3.05, 3.63) is 24.3 Å². The van der Waals surface area contributed by atoms with E-state index in [0.29, 0.717) is 25.4 Å². The molecule has 0 unspecified atom stereocenters. The van der Waals surface area contributed by atoms with E-state index in [1.165, 1.54) is 0 Å². The molecule has 1 aliphatic heterocycles. The monoisotopic (exact) mass is 286 g/mol. The van der Waals surface area contributed by atoms with E-state index in [1.54, 1.807) is 0 Å². The van der Waals surface area contributed by atoms with Gasteiger partial charge < -0.3 is 19.7 Å². The molecular weight excluding hydrogens is 272 g/mol. The van der Waals surface area contributed by atoms with Crippen molar-refractivity contribution >= 4 is 23.9 Å². The van der Waals surface area contributed by atoms with Crippen LogP contribution in [0.4, 0.5) is 0 Å². The highest BCUT2D eigenvalue weighted by Gasteiger charge is 2.03. The fourth-order valence-electron chi connectivity index (χ4n) is 0.925. The number of cyclic esters (lactones) is 2. The fraction of sp³-hybridized carbons (Fsp3) is 0.333. The minimum atomic E-state index is -1.26. The van der Waals surface area contributed by atoms with Crippen molar-refractivity contribution < 1.29 is 38.9 Å². The molecule has 1 rings (SSSR count). The van der Waals surface area contributed by atoms with Crippen molar-refractivity contribution in [1.82, 2.24) is 0 Å². The van der Waals surface area contributed by atoms with Gasteiger partial charge in [-0.25, -0.2) is 19.2 Å². The van der Waals surface area contributed by atoms with E-state index < -0.39 is 23.9 Å². The van der Waals surface area contributed by atoms with Crippen molar-refractivity contribution in [2.24, 2.45) is 0 Å². The highest BCUT2D eigenvalue weighted by Crippen LogP contribution is 1.96. The highest BCUT2D eigenvalue weighted by molar-refractivity contribution is 5.91. The van der Waals surface area contributed by atoms with Crippen LogP contribution in [0.2, 0.25) is 0 Å². The van der Waals surface area contributed by atoms with Gasteiger partial charge in [0.2, 0.25) is 0 Å². The summed E-state index contributed by atoms with van der Waals surface area (Å²) < 4.78 is 9.47. The van der Waals surface area contributed by atoms with Crippen LogP contribution in [0, 0.1) is 0 Å². The number of carboxylic acid groups (broad SMARTS) is 2. The van der Waals surface area contributed by atoms with Gasteiger partial charge in [0, 0.05) is 24.3 Å². The minimum Gasteiger partial charge on any atom is -0.478 e. The molecule has 0 atom stereocenters. The lowest BCUT2D eigenvalue weighted by molar-refractivity contribution is -0.142. The van der Waals surface area contributed by atoms with Crippen LogP contribution in [0.1, 0.15) is 12.8 Å². The molecule has 1 aliphatic rings. The molecule has 8 heteroatoms. The Bertz CT molecular complexity index is 383. The van der Waals surface area contributed by atoms with E-state index in [1.807, 2.05) is 0 Å². The second kappa shape index (κ2) is 10.3. The average molecular weight is 286 g/mol. The lowest BCUT2D eigenvalue weighted by Gasteiger charge is -2.05. The molecule has 2 N–H and O–H groups in total. The number of hydrogen-bond donors (Lipinski definition) is 2. The molecule has 20 heavy (non-hydrogen) atoms. The van der Waals surface area contributed by atoms with E-state index in [-0.39, 0.29) is 0 Å². The molecule has 0 aromatic carbocycles. The first-order valence-electron chi connectivity index (χ1n) is 5.57. The number of hydrogen-bond acceptors (Lipinski definition) is 6. The summed E-state index contributed by atoms with van der Waals surface area (Å²) in [5, 5.41) is 15.6. The van der Waals surface area contributed by atoms with Crippen LogP contribution in [0.5, 0.6) is 0 Å². The van der Waals surface area contributed by atoms with Crippen molar-refractivity contribution in [2.75, 3.05) is 13.2 Å². The lowest BCUT2D eigenvalue weighted by atomic mass is 10.3. The van der Waals surface area contributed by atoms with Crippen LogP contribution in [-0.4, -0.2) is 47.3 Å². The maximum atomic E-state index is 10.7. The molecule has 0 spiro atoms. The predicted octanol–water partition coefficient (Wildman–Crippen LogP) is 0.135. The Labute approximate surface area is 114 Å². The van der Waals surface area contributed by atoms with Gasteiger partial charge >= 0.3 is 23.9 Å². The van der Waals surface area contributed by atoms with Crippen molar-refractivity contribution in [2.45, 2.75) is 12.8 Å². The predicted molar refractivity (Wildman–Crippen MR) is 64.7 cm³/mol. The standard InChI is InChI=1S/C8H10O4.C4H4O4/c9-7-3-4-8(10)12-6-2-1-5-11-7;5-3(6)1-2-4(7)8/h3-4H,1-2,5-6H2;1-2H,(H,5,6)(H,7,8)/b4-3-;2-1+. The minimum absolute atomic E-state index is 0.390. The second-order valence-corrected chi connectivity index (χ2v) is 3.39. The number of ether oxygens (including phenoxy) is 2. The van der Waals surface area contributed by atoms with Crippen LogP contribution in [0.15, 0.2) is 24.3 Å². The molecule has 8 nitrogen and oxygen atoms in total. The van der Waals surface area contributed by atoms with E-state index in [4.69, 9.17) is 19.7 Å². The summed E-state index contributed by atoms with van der Waals surface area (Å²) in [6.07, 6.45) is 4.73. The molecule has 0 bridgehead atoms. The van der Waals surface area contributed by atoms with E-state index in [0.717, 1.165) is 25.0 Å². The van der Waals surface area contributed by atoms with Crippen molar-refractivity contribution in [3.8, 4) is 0 Å². The van der Waals surface area contributed by atoms with Gasteiger partial charge in [0.15, 0.2) is 0 Å². The van der Waals surface area contributed by atoms with E-state index in [9.17, 15) is 19.2 Å². The van der Waals surface area contributed by atoms with Gasteiger partial charge in [-0.3, -0.25) is 0 Å². The van der Waals surface area contributed by atoms with Crippen LogP contribution in [-0.2, 0) is 28.7 Å². The zero-order chi connectivity index (χ0) is 15.4. The van der Waals surface area contributed by atoms with Gasteiger partial charge in [-0.15, -0.1) is 0 Å². The third-order valence-electron chi connectivity index (χ3n) is 1.75. The summed E-state index contributed by atoms with van der Waals surface area (Å²) in [4.78, 5) is 40.6. The van der Waals surface area contributed by atoms with Crippen LogP contribution >= 0.6 is 0 Å². The molecule has 0 saturated heterocycles. The summed E-state index contributed by atoms with van der Waals surface area (Å²) >= 11 is 0. The van der Waals surface area contributed by atoms with Gasteiger partial charge in [-0.05, 0) is 12.8 Å². The van der Waals surface area contributed by atoms with Crippen LogP contribution in [0.25, 0.3) is 0 Å². The molecule has 0 fully saturated rings. The van der Waals surface area contributed by atoms with Gasteiger partial charge in [0.05, 0.1) is 13.2 Å². The summed E-state index contributed by atoms with van der Waals surface area (Å²) in [5.74, 6) is -3.50. The number of carboxylic acids is 2. The Morgan fingerprint density at radius 2 is 1.25 bits per heavy atom. The van der Waals surface area contributed by atoms with Crippen molar-refractivity contribution in [1.29, 1.82) is 0 Å². The molecule has 110 valence electrons. The highest BCUT2D eigenvalue weighted by atomic mass is 16.5. The fourth-order valence-corrected chi connectivity index (χ4v) is 0.925. The largest absolute Gasteiger partial charge is 0.478 e. The first-order valence-corrected chi connectivity index (χ1v) is 5.57. The maximum Gasteiger partial charge on any atom is 0.331 e.